The number of aromatic nitrogens is 1. The summed E-state index contributed by atoms with van der Waals surface area (Å²) in [4.78, 5) is 17.3. The van der Waals surface area contributed by atoms with Crippen molar-refractivity contribution in [2.45, 2.75) is 24.9 Å². The van der Waals surface area contributed by atoms with Gasteiger partial charge in [-0.3, -0.25) is 15.1 Å². The predicted octanol–water partition coefficient (Wildman–Crippen LogP) is 1.88. The number of likely N-dealkylation sites (N-methyl/N-ethyl adjacent to an activating group) is 1. The van der Waals surface area contributed by atoms with E-state index in [4.69, 9.17) is 0 Å². The van der Waals surface area contributed by atoms with Crippen LogP contribution in [0.1, 0.15) is 12.0 Å². The Bertz CT molecular complexity index is 434. The zero-order chi connectivity index (χ0) is 13.2. The number of carbonyl (C=O) groups is 1. The summed E-state index contributed by atoms with van der Waals surface area (Å²) in [5.41, 5.74) is 0.873. The Morgan fingerprint density at radius 3 is 2.75 bits per heavy atom. The zero-order valence-corrected chi connectivity index (χ0v) is 12.5. The second-order valence-corrected chi connectivity index (χ2v) is 4.55. The van der Waals surface area contributed by atoms with Crippen LogP contribution in [0.3, 0.4) is 0 Å². The van der Waals surface area contributed by atoms with Gasteiger partial charge in [0.1, 0.15) is 0 Å². The third-order valence-electron chi connectivity index (χ3n) is 2.93. The summed E-state index contributed by atoms with van der Waals surface area (Å²) in [5, 5.41) is 2.56. The molecule has 0 spiro atoms. The Labute approximate surface area is 128 Å². The third kappa shape index (κ3) is 4.85. The largest absolute Gasteiger partial charge is 0.340 e. The monoisotopic (exact) mass is 327 g/mol. The van der Waals surface area contributed by atoms with Crippen LogP contribution in [0.15, 0.2) is 24.5 Å². The molecule has 20 heavy (non-hydrogen) atoms. The summed E-state index contributed by atoms with van der Waals surface area (Å²) in [6, 6.07) is 2.82. The Hall–Kier alpha value is -0.980. The van der Waals surface area contributed by atoms with Crippen molar-refractivity contribution in [1.82, 2.24) is 15.2 Å². The number of nitrogens with zero attached hydrogens (tertiary/aromatic N) is 2. The number of hydrogen-bond acceptors (Lipinski definition) is 3. The highest BCUT2D eigenvalue weighted by Crippen LogP contribution is 2.26. The maximum absolute atomic E-state index is 13.0. The minimum Gasteiger partial charge on any atom is -0.340 e. The highest BCUT2D eigenvalue weighted by Gasteiger charge is 2.43. The van der Waals surface area contributed by atoms with E-state index in [9.17, 15) is 13.6 Å². The Kier molecular flexibility index (Phi) is 7.33. The minimum atomic E-state index is -2.78. The van der Waals surface area contributed by atoms with Crippen LogP contribution in [0.2, 0.25) is 0 Å². The lowest BCUT2D eigenvalue weighted by Gasteiger charge is -2.20. The standard InChI is InChI=1S/C12H15F2N3O.2ClH/c1-17(7-9-3-2-4-15-6-9)11(18)10-5-12(13,14)8-16-10;;/h2-4,6,10,16H,5,7-8H2,1H3;2*1H. The van der Waals surface area contributed by atoms with Gasteiger partial charge in [-0.15, -0.1) is 24.8 Å². The molecule has 1 amide bonds. The number of nitrogens with one attached hydrogen (secondary N) is 1. The molecule has 0 bridgehead atoms. The van der Waals surface area contributed by atoms with Gasteiger partial charge in [0.15, 0.2) is 0 Å². The summed E-state index contributed by atoms with van der Waals surface area (Å²) in [5.74, 6) is -3.09. The van der Waals surface area contributed by atoms with E-state index in [0.29, 0.717) is 6.54 Å². The molecule has 0 aromatic carbocycles. The summed E-state index contributed by atoms with van der Waals surface area (Å²) >= 11 is 0. The first-order chi connectivity index (χ1) is 8.48. The summed E-state index contributed by atoms with van der Waals surface area (Å²) in [6.45, 7) is -0.0550. The Balaban J connectivity index is 0.00000180. The Morgan fingerprint density at radius 1 is 1.55 bits per heavy atom. The van der Waals surface area contributed by atoms with Gasteiger partial charge in [-0.2, -0.15) is 0 Å². The van der Waals surface area contributed by atoms with Crippen LogP contribution >= 0.6 is 24.8 Å². The van der Waals surface area contributed by atoms with Crippen molar-refractivity contribution in [2.24, 2.45) is 0 Å². The van der Waals surface area contributed by atoms with Crippen LogP contribution in [-0.2, 0) is 11.3 Å². The lowest BCUT2D eigenvalue weighted by Crippen LogP contribution is -2.41. The molecular formula is C12H17Cl2F2N3O. The van der Waals surface area contributed by atoms with Gasteiger partial charge in [-0.05, 0) is 11.6 Å². The molecule has 1 aromatic rings. The van der Waals surface area contributed by atoms with Crippen molar-refractivity contribution in [2.75, 3.05) is 13.6 Å². The SMILES string of the molecule is CN(Cc1cccnc1)C(=O)C1CC(F)(F)CN1.Cl.Cl. The number of alkyl halides is 2. The zero-order valence-electron chi connectivity index (χ0n) is 10.9. The molecule has 2 rings (SSSR count). The van der Waals surface area contributed by atoms with Crippen molar-refractivity contribution < 1.29 is 13.6 Å². The van der Waals surface area contributed by atoms with Crippen molar-refractivity contribution in [3.63, 3.8) is 0 Å². The number of amides is 1. The molecule has 0 saturated carbocycles. The topological polar surface area (TPSA) is 45.2 Å². The normalized spacial score (nSPS) is 19.6. The van der Waals surface area contributed by atoms with Gasteiger partial charge < -0.3 is 4.90 Å². The van der Waals surface area contributed by atoms with Crippen LogP contribution < -0.4 is 5.32 Å². The fourth-order valence-corrected chi connectivity index (χ4v) is 2.00. The second-order valence-electron chi connectivity index (χ2n) is 4.55. The first kappa shape index (κ1) is 19.0. The van der Waals surface area contributed by atoms with E-state index in [-0.39, 0.29) is 30.7 Å². The average Bonchev–Trinajstić information content (AvgIpc) is 2.70. The molecule has 1 aliphatic rings. The summed E-state index contributed by atoms with van der Waals surface area (Å²) < 4.78 is 26.0. The molecule has 1 saturated heterocycles. The van der Waals surface area contributed by atoms with Crippen molar-refractivity contribution in [3.05, 3.63) is 30.1 Å². The van der Waals surface area contributed by atoms with E-state index in [2.05, 4.69) is 10.3 Å². The molecule has 1 unspecified atom stereocenters. The van der Waals surface area contributed by atoms with Crippen molar-refractivity contribution in [1.29, 1.82) is 0 Å². The molecule has 1 aromatic heterocycles. The molecule has 1 aliphatic heterocycles. The number of carbonyl (C=O) groups excluding carboxylic acids is 1. The molecule has 2 heterocycles. The number of rotatable bonds is 3. The summed E-state index contributed by atoms with van der Waals surface area (Å²) in [7, 11) is 1.60. The molecule has 8 heteroatoms. The highest BCUT2D eigenvalue weighted by atomic mass is 35.5. The molecule has 1 atom stereocenters. The number of halogens is 4. The lowest BCUT2D eigenvalue weighted by molar-refractivity contribution is -0.132. The fourth-order valence-electron chi connectivity index (χ4n) is 2.00. The van der Waals surface area contributed by atoms with Crippen LogP contribution in [0, 0.1) is 0 Å². The van der Waals surface area contributed by atoms with Gasteiger partial charge in [0.25, 0.3) is 5.92 Å². The molecular weight excluding hydrogens is 311 g/mol. The highest BCUT2D eigenvalue weighted by molar-refractivity contribution is 5.85. The molecule has 114 valence electrons. The van der Waals surface area contributed by atoms with Crippen molar-refractivity contribution >= 4 is 30.7 Å². The van der Waals surface area contributed by atoms with Crippen LogP contribution in [-0.4, -0.2) is 41.3 Å². The molecule has 1 fully saturated rings. The predicted molar refractivity (Wildman–Crippen MR) is 76.6 cm³/mol. The van der Waals surface area contributed by atoms with Gasteiger partial charge >= 0.3 is 0 Å². The number of hydrogen-bond donors (Lipinski definition) is 1. The number of pyridine rings is 1. The van der Waals surface area contributed by atoms with E-state index >= 15 is 0 Å². The van der Waals surface area contributed by atoms with E-state index < -0.39 is 24.9 Å². The maximum Gasteiger partial charge on any atom is 0.262 e. The van der Waals surface area contributed by atoms with Gasteiger partial charge in [-0.1, -0.05) is 6.07 Å². The molecule has 0 aliphatic carbocycles. The van der Waals surface area contributed by atoms with E-state index in [1.807, 2.05) is 6.07 Å². The van der Waals surface area contributed by atoms with Gasteiger partial charge in [0.05, 0.1) is 12.6 Å². The van der Waals surface area contributed by atoms with Gasteiger partial charge in [0.2, 0.25) is 5.91 Å². The van der Waals surface area contributed by atoms with Crippen LogP contribution in [0.25, 0.3) is 0 Å². The Morgan fingerprint density at radius 2 is 2.25 bits per heavy atom. The lowest BCUT2D eigenvalue weighted by atomic mass is 10.1. The molecule has 0 radical (unpaired) electrons. The average molecular weight is 328 g/mol. The van der Waals surface area contributed by atoms with Gasteiger partial charge in [0, 0.05) is 32.4 Å². The smallest absolute Gasteiger partial charge is 0.262 e. The van der Waals surface area contributed by atoms with E-state index in [0.717, 1.165) is 5.56 Å². The molecule has 4 nitrogen and oxygen atoms in total. The quantitative estimate of drug-likeness (QED) is 0.922. The summed E-state index contributed by atoms with van der Waals surface area (Å²) in [6.07, 6.45) is 2.87. The van der Waals surface area contributed by atoms with Gasteiger partial charge in [-0.25, -0.2) is 8.78 Å². The minimum absolute atomic E-state index is 0. The van der Waals surface area contributed by atoms with Crippen LogP contribution in [0.5, 0.6) is 0 Å². The van der Waals surface area contributed by atoms with E-state index in [1.54, 1.807) is 25.5 Å². The first-order valence-corrected chi connectivity index (χ1v) is 5.73. The van der Waals surface area contributed by atoms with Crippen LogP contribution in [0.4, 0.5) is 8.78 Å². The second kappa shape index (κ2) is 7.71. The maximum atomic E-state index is 13.0. The fraction of sp³-hybridized carbons (Fsp3) is 0.500. The van der Waals surface area contributed by atoms with E-state index in [1.165, 1.54) is 4.90 Å². The molecule has 1 N–H and O–H groups in total. The first-order valence-electron chi connectivity index (χ1n) is 5.73. The van der Waals surface area contributed by atoms with Crippen molar-refractivity contribution in [3.8, 4) is 0 Å². The third-order valence-corrected chi connectivity index (χ3v) is 2.93.